The number of rotatable bonds is 3. The van der Waals surface area contributed by atoms with Crippen LogP contribution in [0.3, 0.4) is 0 Å². The van der Waals surface area contributed by atoms with Crippen LogP contribution in [0, 0.1) is 0 Å². The van der Waals surface area contributed by atoms with E-state index in [1.165, 1.54) is 18.4 Å². The number of esters is 1. The summed E-state index contributed by atoms with van der Waals surface area (Å²) >= 11 is 1.45. The van der Waals surface area contributed by atoms with Gasteiger partial charge in [-0.3, -0.25) is 4.79 Å². The maximum Gasteiger partial charge on any atom is 0.328 e. The van der Waals surface area contributed by atoms with Crippen LogP contribution in [0.25, 0.3) is 0 Å². The van der Waals surface area contributed by atoms with Crippen molar-refractivity contribution in [1.82, 2.24) is 4.90 Å². The van der Waals surface area contributed by atoms with Crippen LogP contribution in [0.5, 0.6) is 0 Å². The van der Waals surface area contributed by atoms with Gasteiger partial charge in [0.25, 0.3) is 5.91 Å². The Morgan fingerprint density at radius 3 is 2.95 bits per heavy atom. The number of hydrogen-bond donors (Lipinski definition) is 0. The lowest BCUT2D eigenvalue weighted by Gasteiger charge is -2.33. The second kappa shape index (κ2) is 6.19. The highest BCUT2D eigenvalue weighted by Gasteiger charge is 2.34. The van der Waals surface area contributed by atoms with E-state index in [2.05, 4.69) is 0 Å². The molecule has 5 heteroatoms. The molecule has 1 aliphatic heterocycles. The van der Waals surface area contributed by atoms with E-state index in [0.717, 1.165) is 29.7 Å². The lowest BCUT2D eigenvalue weighted by atomic mass is 10.0. The zero-order valence-electron chi connectivity index (χ0n) is 11.3. The first-order chi connectivity index (χ1) is 9.19. The third kappa shape index (κ3) is 2.81. The standard InChI is InChI=1S/C14H19NO3S/c1-3-10-7-9-19-12(10)13(16)15-8-5-4-6-11(15)14(17)18-2/h7,9,11H,3-6,8H2,1-2H3. The summed E-state index contributed by atoms with van der Waals surface area (Å²) in [6, 6.07) is 1.56. The molecule has 1 unspecified atom stereocenters. The highest BCUT2D eigenvalue weighted by atomic mass is 32.1. The van der Waals surface area contributed by atoms with E-state index >= 15 is 0 Å². The summed E-state index contributed by atoms with van der Waals surface area (Å²) in [5, 5.41) is 1.93. The van der Waals surface area contributed by atoms with E-state index in [-0.39, 0.29) is 11.9 Å². The third-order valence-electron chi connectivity index (χ3n) is 3.56. The number of hydrogen-bond acceptors (Lipinski definition) is 4. The Kier molecular flexibility index (Phi) is 4.58. The van der Waals surface area contributed by atoms with E-state index < -0.39 is 6.04 Å². The minimum Gasteiger partial charge on any atom is -0.467 e. The fraction of sp³-hybridized carbons (Fsp3) is 0.571. The van der Waals surface area contributed by atoms with Crippen LogP contribution in [0.15, 0.2) is 11.4 Å². The number of likely N-dealkylation sites (tertiary alicyclic amines) is 1. The minimum absolute atomic E-state index is 0.0260. The van der Waals surface area contributed by atoms with E-state index in [1.807, 2.05) is 18.4 Å². The number of carbonyl (C=O) groups excluding carboxylic acids is 2. The quantitative estimate of drug-likeness (QED) is 0.800. The molecule has 1 saturated heterocycles. The Bertz CT molecular complexity index is 469. The lowest BCUT2D eigenvalue weighted by molar-refractivity contribution is -0.147. The number of methoxy groups -OCH3 is 1. The second-order valence-corrected chi connectivity index (χ2v) is 5.58. The van der Waals surface area contributed by atoms with E-state index in [1.54, 1.807) is 4.90 Å². The first kappa shape index (κ1) is 14.1. The first-order valence-electron chi connectivity index (χ1n) is 6.64. The van der Waals surface area contributed by atoms with Gasteiger partial charge in [0.1, 0.15) is 6.04 Å². The molecule has 1 aromatic rings. The van der Waals surface area contributed by atoms with Gasteiger partial charge < -0.3 is 9.64 Å². The molecule has 1 atom stereocenters. The van der Waals surface area contributed by atoms with Gasteiger partial charge in [-0.25, -0.2) is 4.79 Å². The molecule has 1 amide bonds. The first-order valence-corrected chi connectivity index (χ1v) is 7.52. The van der Waals surface area contributed by atoms with Crippen LogP contribution in [0.2, 0.25) is 0 Å². The predicted octanol–water partition coefficient (Wildman–Crippen LogP) is 2.48. The molecule has 104 valence electrons. The zero-order chi connectivity index (χ0) is 13.8. The Labute approximate surface area is 117 Å². The summed E-state index contributed by atoms with van der Waals surface area (Å²) < 4.78 is 4.81. The van der Waals surface area contributed by atoms with Crippen LogP contribution in [0.1, 0.15) is 41.4 Å². The summed E-state index contributed by atoms with van der Waals surface area (Å²) in [5.41, 5.74) is 1.06. The van der Waals surface area contributed by atoms with Crippen LogP contribution >= 0.6 is 11.3 Å². The third-order valence-corrected chi connectivity index (χ3v) is 4.50. The molecular formula is C14H19NO3S. The number of aryl methyl sites for hydroxylation is 1. The number of carbonyl (C=O) groups is 2. The topological polar surface area (TPSA) is 46.6 Å². The molecule has 0 aliphatic carbocycles. The Morgan fingerprint density at radius 2 is 2.26 bits per heavy atom. The number of thiophene rings is 1. The van der Waals surface area contributed by atoms with Crippen molar-refractivity contribution in [3.8, 4) is 0 Å². The van der Waals surface area contributed by atoms with Gasteiger partial charge in [0.15, 0.2) is 0 Å². The van der Waals surface area contributed by atoms with Crippen LogP contribution in [-0.4, -0.2) is 36.5 Å². The van der Waals surface area contributed by atoms with Crippen molar-refractivity contribution < 1.29 is 14.3 Å². The van der Waals surface area contributed by atoms with Crippen molar-refractivity contribution >= 4 is 23.2 Å². The van der Waals surface area contributed by atoms with Gasteiger partial charge in [-0.05, 0) is 42.7 Å². The lowest BCUT2D eigenvalue weighted by Crippen LogP contribution is -2.48. The highest BCUT2D eigenvalue weighted by molar-refractivity contribution is 7.12. The van der Waals surface area contributed by atoms with Crippen LogP contribution in [-0.2, 0) is 16.0 Å². The average Bonchev–Trinajstić information content (AvgIpc) is 2.94. The molecule has 0 saturated carbocycles. The summed E-state index contributed by atoms with van der Waals surface area (Å²) in [6.45, 7) is 2.67. The largest absolute Gasteiger partial charge is 0.467 e. The van der Waals surface area contributed by atoms with Gasteiger partial charge in [0.05, 0.1) is 12.0 Å². The zero-order valence-corrected chi connectivity index (χ0v) is 12.2. The van der Waals surface area contributed by atoms with Crippen molar-refractivity contribution in [2.24, 2.45) is 0 Å². The Hall–Kier alpha value is -1.36. The molecule has 0 N–H and O–H groups in total. The monoisotopic (exact) mass is 281 g/mol. The summed E-state index contributed by atoms with van der Waals surface area (Å²) in [4.78, 5) is 26.8. The maximum absolute atomic E-state index is 12.6. The van der Waals surface area contributed by atoms with Gasteiger partial charge >= 0.3 is 5.97 Å². The van der Waals surface area contributed by atoms with Gasteiger partial charge in [-0.1, -0.05) is 6.92 Å². The molecule has 4 nitrogen and oxygen atoms in total. The van der Waals surface area contributed by atoms with Gasteiger partial charge in [0, 0.05) is 6.54 Å². The summed E-state index contributed by atoms with van der Waals surface area (Å²) in [5.74, 6) is -0.329. The van der Waals surface area contributed by atoms with Crippen LogP contribution < -0.4 is 0 Å². The Morgan fingerprint density at radius 1 is 1.47 bits per heavy atom. The second-order valence-electron chi connectivity index (χ2n) is 4.66. The van der Waals surface area contributed by atoms with Crippen molar-refractivity contribution in [3.63, 3.8) is 0 Å². The van der Waals surface area contributed by atoms with Crippen molar-refractivity contribution in [3.05, 3.63) is 21.9 Å². The van der Waals surface area contributed by atoms with Gasteiger partial charge in [-0.15, -0.1) is 11.3 Å². The van der Waals surface area contributed by atoms with E-state index in [4.69, 9.17) is 4.74 Å². The molecule has 1 fully saturated rings. The van der Waals surface area contributed by atoms with Gasteiger partial charge in [-0.2, -0.15) is 0 Å². The molecule has 0 spiro atoms. The molecule has 0 radical (unpaired) electrons. The highest BCUT2D eigenvalue weighted by Crippen LogP contribution is 2.25. The van der Waals surface area contributed by atoms with Crippen molar-refractivity contribution in [1.29, 1.82) is 0 Å². The fourth-order valence-electron chi connectivity index (χ4n) is 2.49. The van der Waals surface area contributed by atoms with Gasteiger partial charge in [0.2, 0.25) is 0 Å². The van der Waals surface area contributed by atoms with Crippen LogP contribution in [0.4, 0.5) is 0 Å². The minimum atomic E-state index is -0.418. The maximum atomic E-state index is 12.6. The molecule has 19 heavy (non-hydrogen) atoms. The smallest absolute Gasteiger partial charge is 0.328 e. The normalized spacial score (nSPS) is 19.3. The van der Waals surface area contributed by atoms with E-state index in [0.29, 0.717) is 13.0 Å². The van der Waals surface area contributed by atoms with Crippen molar-refractivity contribution in [2.75, 3.05) is 13.7 Å². The average molecular weight is 281 g/mol. The summed E-state index contributed by atoms with van der Waals surface area (Å²) in [7, 11) is 1.38. The number of amides is 1. The molecule has 0 bridgehead atoms. The number of ether oxygens (including phenoxy) is 1. The van der Waals surface area contributed by atoms with Crippen molar-refractivity contribution in [2.45, 2.75) is 38.6 Å². The number of nitrogens with zero attached hydrogens (tertiary/aromatic N) is 1. The number of piperidine rings is 1. The molecule has 0 aromatic carbocycles. The Balaban J connectivity index is 2.22. The molecule has 1 aliphatic rings. The predicted molar refractivity (Wildman–Crippen MR) is 74.4 cm³/mol. The van der Waals surface area contributed by atoms with E-state index in [9.17, 15) is 9.59 Å². The summed E-state index contributed by atoms with van der Waals surface area (Å²) in [6.07, 6.45) is 3.45. The molecule has 1 aromatic heterocycles. The molecular weight excluding hydrogens is 262 g/mol. The molecule has 2 rings (SSSR count). The SMILES string of the molecule is CCc1ccsc1C(=O)N1CCCCC1C(=O)OC. The fourth-order valence-corrected chi connectivity index (χ4v) is 3.44. The molecule has 2 heterocycles.